The Hall–Kier alpha value is -5.45. The second-order valence-corrected chi connectivity index (χ2v) is 9.79. The normalized spacial score (nSPS) is 14.3. The number of benzene rings is 1. The Morgan fingerprint density at radius 3 is 2.76 bits per heavy atom. The fraction of sp³-hybridized carbons (Fsp3) is 0.133. The van der Waals surface area contributed by atoms with E-state index in [1.165, 1.54) is 12.3 Å². The molecule has 0 unspecified atom stereocenters. The first-order valence-electron chi connectivity index (χ1n) is 13.1. The van der Waals surface area contributed by atoms with Crippen LogP contribution in [0, 0.1) is 0 Å². The predicted octanol–water partition coefficient (Wildman–Crippen LogP) is 4.53. The number of anilines is 1. The molecule has 0 saturated heterocycles. The first-order chi connectivity index (χ1) is 20.1. The minimum atomic E-state index is -0.665. The molecular formula is C30H24FN9O. The van der Waals surface area contributed by atoms with Crippen molar-refractivity contribution in [1.82, 2.24) is 39.6 Å². The Labute approximate surface area is 233 Å². The van der Waals surface area contributed by atoms with Crippen LogP contribution in [0.4, 0.5) is 10.2 Å². The van der Waals surface area contributed by atoms with Gasteiger partial charge in [-0.15, -0.1) is 0 Å². The quantitative estimate of drug-likeness (QED) is 0.315. The molecule has 0 saturated carbocycles. The molecule has 1 aliphatic rings. The zero-order valence-corrected chi connectivity index (χ0v) is 21.8. The minimum Gasteiger partial charge on any atom is -0.383 e. The van der Waals surface area contributed by atoms with Gasteiger partial charge in [0, 0.05) is 30.5 Å². The van der Waals surface area contributed by atoms with E-state index in [-0.39, 0.29) is 11.9 Å². The molecule has 1 atom stereocenters. The van der Waals surface area contributed by atoms with Crippen molar-refractivity contribution in [3.05, 3.63) is 108 Å². The van der Waals surface area contributed by atoms with Gasteiger partial charge in [-0.1, -0.05) is 6.07 Å². The number of imidazole rings is 1. The smallest absolute Gasteiger partial charge is 0.253 e. The Bertz CT molecular complexity index is 1900. The number of pyridine rings is 3. The number of amides is 1. The molecule has 0 spiro atoms. The van der Waals surface area contributed by atoms with Gasteiger partial charge in [0.2, 0.25) is 0 Å². The summed E-state index contributed by atoms with van der Waals surface area (Å²) in [7, 11) is 0. The molecule has 1 aliphatic carbocycles. The Balaban J connectivity index is 1.28. The molecule has 3 N–H and O–H groups in total. The van der Waals surface area contributed by atoms with E-state index in [0.717, 1.165) is 29.7 Å². The van der Waals surface area contributed by atoms with E-state index in [0.29, 0.717) is 45.4 Å². The number of hydrogen-bond acceptors (Lipinski definition) is 7. The molecule has 5 aromatic heterocycles. The number of hydrogen-bond donors (Lipinski definition) is 2. The van der Waals surface area contributed by atoms with Gasteiger partial charge in [0.25, 0.3) is 5.91 Å². The predicted molar refractivity (Wildman–Crippen MR) is 151 cm³/mol. The van der Waals surface area contributed by atoms with Gasteiger partial charge in [-0.2, -0.15) is 5.10 Å². The summed E-state index contributed by atoms with van der Waals surface area (Å²) in [5.74, 6) is 1.42. The highest BCUT2D eigenvalue weighted by molar-refractivity contribution is 5.94. The molecule has 1 amide bonds. The highest BCUT2D eigenvalue weighted by atomic mass is 19.1. The van der Waals surface area contributed by atoms with Gasteiger partial charge < -0.3 is 11.1 Å². The summed E-state index contributed by atoms with van der Waals surface area (Å²) in [4.78, 5) is 31.0. The van der Waals surface area contributed by atoms with E-state index < -0.39 is 6.67 Å². The maximum absolute atomic E-state index is 12.9. The summed E-state index contributed by atoms with van der Waals surface area (Å²) in [5, 5.41) is 7.43. The number of aryl methyl sites for hydroxylation is 1. The van der Waals surface area contributed by atoms with E-state index in [9.17, 15) is 9.18 Å². The third-order valence-corrected chi connectivity index (χ3v) is 7.30. The number of nitrogens with one attached hydrogen (secondary N) is 1. The number of alkyl halides is 1. The number of nitrogens with zero attached hydrogens (tertiary/aromatic N) is 7. The number of aromatic nitrogens is 7. The van der Waals surface area contributed by atoms with Gasteiger partial charge in [-0.25, -0.2) is 24.0 Å². The second kappa shape index (κ2) is 9.94. The van der Waals surface area contributed by atoms with Gasteiger partial charge in [0.15, 0.2) is 17.3 Å². The summed E-state index contributed by atoms with van der Waals surface area (Å²) < 4.78 is 16.5. The lowest BCUT2D eigenvalue weighted by Crippen LogP contribution is -2.27. The minimum absolute atomic E-state index is 0.148. The van der Waals surface area contributed by atoms with E-state index in [2.05, 4.69) is 26.4 Å². The summed E-state index contributed by atoms with van der Waals surface area (Å²) >= 11 is 0. The molecule has 0 radical (unpaired) electrons. The van der Waals surface area contributed by atoms with E-state index in [1.807, 2.05) is 53.2 Å². The van der Waals surface area contributed by atoms with Gasteiger partial charge in [0.05, 0.1) is 22.9 Å². The summed E-state index contributed by atoms with van der Waals surface area (Å²) in [6, 6.07) is 18.5. The van der Waals surface area contributed by atoms with E-state index in [1.54, 1.807) is 23.1 Å². The maximum Gasteiger partial charge on any atom is 0.253 e. The number of nitrogens with two attached hydrogens (primary N) is 1. The SMILES string of the molecule is Nc1ncccc1-c1nc2ccc(-n3cccn3)nc2n1-c1ccc2c(c1)CC[C@@H]2NC(=O)c1ccc(CF)nc1. The molecule has 11 heteroatoms. The first-order valence-corrected chi connectivity index (χ1v) is 13.1. The van der Waals surface area contributed by atoms with Crippen molar-refractivity contribution >= 4 is 22.9 Å². The molecule has 0 bridgehead atoms. The largest absolute Gasteiger partial charge is 0.383 e. The highest BCUT2D eigenvalue weighted by Crippen LogP contribution is 2.36. The molecule has 6 aromatic rings. The molecule has 1 aromatic carbocycles. The number of fused-ring (bicyclic) bond motifs is 2. The number of carbonyl (C=O) groups is 1. The molecule has 10 nitrogen and oxygen atoms in total. The van der Waals surface area contributed by atoms with Crippen LogP contribution in [0.5, 0.6) is 0 Å². The zero-order valence-electron chi connectivity index (χ0n) is 21.8. The Kier molecular flexibility index (Phi) is 5.96. The molecule has 5 heterocycles. The van der Waals surface area contributed by atoms with Crippen molar-refractivity contribution < 1.29 is 9.18 Å². The van der Waals surface area contributed by atoms with Crippen molar-refractivity contribution in [1.29, 1.82) is 0 Å². The van der Waals surface area contributed by atoms with E-state index >= 15 is 0 Å². The average molecular weight is 546 g/mol. The van der Waals surface area contributed by atoms with Crippen molar-refractivity contribution in [3.63, 3.8) is 0 Å². The van der Waals surface area contributed by atoms with Gasteiger partial charge in [-0.3, -0.25) is 14.3 Å². The lowest BCUT2D eigenvalue weighted by molar-refractivity contribution is 0.0936. The van der Waals surface area contributed by atoms with Crippen LogP contribution in [0.1, 0.15) is 39.6 Å². The van der Waals surface area contributed by atoms with Crippen molar-refractivity contribution in [3.8, 4) is 22.9 Å². The van der Waals surface area contributed by atoms with Crippen LogP contribution in [0.3, 0.4) is 0 Å². The monoisotopic (exact) mass is 545 g/mol. The topological polar surface area (TPSA) is 129 Å². The van der Waals surface area contributed by atoms with Crippen LogP contribution in [-0.4, -0.2) is 40.2 Å². The summed E-state index contributed by atoms with van der Waals surface area (Å²) in [6.07, 6.45) is 8.14. The summed E-state index contributed by atoms with van der Waals surface area (Å²) in [5.41, 5.74) is 12.1. The zero-order chi connectivity index (χ0) is 27.9. The molecule has 202 valence electrons. The first kappa shape index (κ1) is 24.6. The molecule has 0 aliphatic heterocycles. The van der Waals surface area contributed by atoms with Crippen LogP contribution in [-0.2, 0) is 13.1 Å². The third-order valence-electron chi connectivity index (χ3n) is 7.30. The van der Waals surface area contributed by atoms with Gasteiger partial charge >= 0.3 is 0 Å². The van der Waals surface area contributed by atoms with Crippen molar-refractivity contribution in [2.24, 2.45) is 0 Å². The second-order valence-electron chi connectivity index (χ2n) is 9.79. The van der Waals surface area contributed by atoms with Crippen LogP contribution in [0.15, 0.2) is 85.5 Å². The average Bonchev–Trinajstić information content (AvgIpc) is 3.76. The van der Waals surface area contributed by atoms with Crippen LogP contribution < -0.4 is 11.1 Å². The van der Waals surface area contributed by atoms with Crippen LogP contribution in [0.25, 0.3) is 34.1 Å². The van der Waals surface area contributed by atoms with Gasteiger partial charge in [-0.05, 0) is 78.6 Å². The number of carbonyl (C=O) groups excluding carboxylic acids is 1. The molecule has 0 fully saturated rings. The van der Waals surface area contributed by atoms with Crippen molar-refractivity contribution in [2.75, 3.05) is 5.73 Å². The standard InChI is InChI=1S/C30H24FN9O/c31-16-20-6-4-19(17-34-20)30(41)37-24-9-5-18-15-21(7-8-22(18)24)40-28(23-3-1-12-33-27(23)32)36-25-10-11-26(38-29(25)40)39-14-2-13-35-39/h1-4,6-8,10-15,17,24H,5,9,16H2,(H2,32,33)(H,37,41)/t24-/m0/s1. The lowest BCUT2D eigenvalue weighted by atomic mass is 10.1. The van der Waals surface area contributed by atoms with Crippen molar-refractivity contribution in [2.45, 2.75) is 25.6 Å². The Morgan fingerprint density at radius 1 is 1.05 bits per heavy atom. The van der Waals surface area contributed by atoms with Crippen LogP contribution in [0.2, 0.25) is 0 Å². The number of nitrogen functional groups attached to an aromatic ring is 1. The fourth-order valence-corrected chi connectivity index (χ4v) is 5.28. The fourth-order valence-electron chi connectivity index (χ4n) is 5.28. The number of halogens is 1. The summed E-state index contributed by atoms with van der Waals surface area (Å²) in [6.45, 7) is -0.665. The molecule has 7 rings (SSSR count). The lowest BCUT2D eigenvalue weighted by Gasteiger charge is -2.16. The molecular weight excluding hydrogens is 521 g/mol. The van der Waals surface area contributed by atoms with Gasteiger partial charge in [0.1, 0.15) is 18.0 Å². The maximum atomic E-state index is 12.9. The molecule has 41 heavy (non-hydrogen) atoms. The highest BCUT2D eigenvalue weighted by Gasteiger charge is 2.26. The Morgan fingerprint density at radius 2 is 1.98 bits per heavy atom. The third kappa shape index (κ3) is 4.37. The number of rotatable bonds is 6. The van der Waals surface area contributed by atoms with Crippen LogP contribution >= 0.6 is 0 Å². The van der Waals surface area contributed by atoms with E-state index in [4.69, 9.17) is 15.7 Å².